The number of Topliss-reactive ketones (excluding diaryl/α,β-unsaturated/α-hetero) is 1. The number of allylic oxidation sites excluding steroid dienone is 2. The van der Waals surface area contributed by atoms with Gasteiger partial charge in [-0.15, -0.1) is 0 Å². The van der Waals surface area contributed by atoms with Gasteiger partial charge >= 0.3 is 12.1 Å². The van der Waals surface area contributed by atoms with Crippen LogP contribution in [0.3, 0.4) is 0 Å². The average Bonchev–Trinajstić information content (AvgIpc) is 3.82. The van der Waals surface area contributed by atoms with E-state index in [9.17, 15) is 38.7 Å². The van der Waals surface area contributed by atoms with Crippen LogP contribution >= 0.6 is 0 Å². The molecular weight excluding hydrogens is 634 g/mol. The number of hydrogen-bond donors (Lipinski definition) is 6. The summed E-state index contributed by atoms with van der Waals surface area (Å²) in [6, 6.07) is 3.34. The SMILES string of the molecule is CC(C)COC(=O)N[C@H]1CCC=CCC2(CC2)CC(C(=O)C(=O)NCC(=O)N[C@H](C(=O)O)c2ccccc2)NC(=O)[C@H](CC(C)C)NC1=O. The minimum atomic E-state index is -1.36. The van der Waals surface area contributed by atoms with Crippen molar-refractivity contribution < 1.29 is 43.4 Å². The Hall–Kier alpha value is -4.75. The number of benzene rings is 1. The number of amides is 5. The lowest BCUT2D eigenvalue weighted by Crippen LogP contribution is -2.57. The van der Waals surface area contributed by atoms with Crippen molar-refractivity contribution in [3.63, 3.8) is 0 Å². The number of carbonyl (C=O) groups excluding carboxylic acids is 6. The lowest BCUT2D eigenvalue weighted by molar-refractivity contribution is -0.142. The van der Waals surface area contributed by atoms with Crippen LogP contribution in [0, 0.1) is 17.3 Å². The molecule has 1 aromatic carbocycles. The van der Waals surface area contributed by atoms with Gasteiger partial charge in [0, 0.05) is 0 Å². The summed E-state index contributed by atoms with van der Waals surface area (Å²) in [5, 5.41) is 22.2. The minimum Gasteiger partial charge on any atom is -0.479 e. The number of ketones is 1. The molecule has 3 rings (SSSR count). The molecule has 49 heavy (non-hydrogen) atoms. The molecule has 1 heterocycles. The highest BCUT2D eigenvalue weighted by Gasteiger charge is 2.46. The number of carbonyl (C=O) groups is 7. The molecule has 0 aromatic heterocycles. The summed E-state index contributed by atoms with van der Waals surface area (Å²) in [6.07, 6.45) is 6.33. The highest BCUT2D eigenvalue weighted by Crippen LogP contribution is 2.53. The predicted octanol–water partition coefficient (Wildman–Crippen LogP) is 2.29. The molecule has 14 heteroatoms. The minimum absolute atomic E-state index is 0.0449. The smallest absolute Gasteiger partial charge is 0.407 e. The van der Waals surface area contributed by atoms with E-state index in [1.807, 2.05) is 39.8 Å². The summed E-state index contributed by atoms with van der Waals surface area (Å²) in [5.74, 6) is -5.42. The molecule has 1 saturated carbocycles. The van der Waals surface area contributed by atoms with Crippen molar-refractivity contribution >= 4 is 41.5 Å². The van der Waals surface area contributed by atoms with E-state index in [2.05, 4.69) is 26.6 Å². The molecule has 1 aromatic rings. The second-order valence-corrected chi connectivity index (χ2v) is 13.7. The van der Waals surface area contributed by atoms with Crippen LogP contribution in [0.4, 0.5) is 4.79 Å². The van der Waals surface area contributed by atoms with E-state index in [1.165, 1.54) is 12.1 Å². The van der Waals surface area contributed by atoms with E-state index in [-0.39, 0.29) is 43.1 Å². The summed E-state index contributed by atoms with van der Waals surface area (Å²) in [4.78, 5) is 90.4. The molecule has 5 amide bonds. The van der Waals surface area contributed by atoms with Crippen LogP contribution in [0.2, 0.25) is 0 Å². The molecule has 6 N–H and O–H groups in total. The molecule has 0 saturated heterocycles. The maximum atomic E-state index is 13.7. The van der Waals surface area contributed by atoms with E-state index in [4.69, 9.17) is 4.74 Å². The van der Waals surface area contributed by atoms with E-state index >= 15 is 0 Å². The monoisotopic (exact) mass is 683 g/mol. The maximum absolute atomic E-state index is 13.7. The number of alkyl carbamates (subject to hydrolysis) is 1. The Morgan fingerprint density at radius 3 is 2.27 bits per heavy atom. The Balaban J connectivity index is 1.75. The summed E-state index contributed by atoms with van der Waals surface area (Å²) in [7, 11) is 0. The molecule has 1 fully saturated rings. The average molecular weight is 684 g/mol. The lowest BCUT2D eigenvalue weighted by atomic mass is 9.90. The molecule has 1 aliphatic carbocycles. The van der Waals surface area contributed by atoms with Crippen molar-refractivity contribution in [1.29, 1.82) is 0 Å². The first-order valence-electron chi connectivity index (χ1n) is 16.8. The Bertz CT molecular complexity index is 1390. The molecule has 0 radical (unpaired) electrons. The van der Waals surface area contributed by atoms with Gasteiger partial charge in [-0.1, -0.05) is 70.2 Å². The standard InChI is InChI=1S/C35H49N5O9/c1-21(2)17-25-31(44)38-26(29(42)32(45)36-19-27(41)40-28(33(46)47)23-11-7-5-8-12-23)18-35(15-16-35)14-10-6-9-13-24(30(43)37-25)39-34(48)49-20-22(3)4/h5-8,10-12,21-22,24-26,28H,9,13-20H2,1-4H3,(H,36,45)(H,37,43)(H,38,44)(H,39,48)(H,40,41)(H,46,47)/t24-,25-,26?,28-/m0/s1. The summed E-state index contributed by atoms with van der Waals surface area (Å²) < 4.78 is 5.20. The van der Waals surface area contributed by atoms with E-state index in [1.54, 1.807) is 18.2 Å². The molecule has 2 aliphatic rings. The van der Waals surface area contributed by atoms with Crippen LogP contribution in [0.15, 0.2) is 42.5 Å². The topological polar surface area (TPSA) is 209 Å². The van der Waals surface area contributed by atoms with E-state index in [0.29, 0.717) is 18.4 Å². The third-order valence-corrected chi connectivity index (χ3v) is 8.38. The lowest BCUT2D eigenvalue weighted by Gasteiger charge is -2.28. The number of rotatable bonds is 12. The van der Waals surface area contributed by atoms with E-state index in [0.717, 1.165) is 12.8 Å². The number of carboxylic acids is 1. The Labute approximate surface area is 286 Å². The van der Waals surface area contributed by atoms with Gasteiger partial charge in [-0.2, -0.15) is 0 Å². The molecule has 0 bridgehead atoms. The van der Waals surface area contributed by atoms with Crippen LogP contribution in [-0.4, -0.2) is 77.9 Å². The quantitative estimate of drug-likeness (QED) is 0.141. The predicted molar refractivity (Wildman–Crippen MR) is 179 cm³/mol. The van der Waals surface area contributed by atoms with Crippen LogP contribution in [0.25, 0.3) is 0 Å². The van der Waals surface area contributed by atoms with Crippen molar-refractivity contribution in [1.82, 2.24) is 26.6 Å². The summed E-state index contributed by atoms with van der Waals surface area (Å²) in [5.41, 5.74) is -0.000994. The first kappa shape index (κ1) is 38.7. The maximum Gasteiger partial charge on any atom is 0.407 e. The molecule has 14 nitrogen and oxygen atoms in total. The van der Waals surface area contributed by atoms with Gasteiger partial charge in [0.25, 0.3) is 5.91 Å². The van der Waals surface area contributed by atoms with Gasteiger partial charge in [0.1, 0.15) is 12.1 Å². The van der Waals surface area contributed by atoms with Gasteiger partial charge < -0.3 is 36.4 Å². The fraction of sp³-hybridized carbons (Fsp3) is 0.571. The van der Waals surface area contributed by atoms with Gasteiger partial charge in [0.2, 0.25) is 23.5 Å². The van der Waals surface area contributed by atoms with Gasteiger partial charge in [0.05, 0.1) is 19.2 Å². The van der Waals surface area contributed by atoms with Crippen molar-refractivity contribution in [3.05, 3.63) is 48.0 Å². The van der Waals surface area contributed by atoms with Crippen LogP contribution < -0.4 is 26.6 Å². The van der Waals surface area contributed by atoms with Gasteiger partial charge in [-0.05, 0) is 67.8 Å². The zero-order chi connectivity index (χ0) is 36.1. The third-order valence-electron chi connectivity index (χ3n) is 8.38. The number of hydrogen-bond acceptors (Lipinski definition) is 8. The Morgan fingerprint density at radius 1 is 0.959 bits per heavy atom. The normalized spacial score (nSPS) is 21.5. The Morgan fingerprint density at radius 2 is 1.65 bits per heavy atom. The fourth-order valence-corrected chi connectivity index (χ4v) is 5.52. The van der Waals surface area contributed by atoms with Gasteiger partial charge in [-0.3, -0.25) is 24.0 Å². The highest BCUT2D eigenvalue weighted by molar-refractivity contribution is 6.38. The first-order chi connectivity index (χ1) is 23.2. The number of carboxylic acid groups (broad SMARTS) is 1. The molecule has 1 unspecified atom stereocenters. The highest BCUT2D eigenvalue weighted by atomic mass is 16.5. The fourth-order valence-electron chi connectivity index (χ4n) is 5.52. The molecular formula is C35H49N5O9. The number of aliphatic carboxylic acids is 1. The second kappa shape index (κ2) is 18.1. The Kier molecular flexibility index (Phi) is 14.3. The number of nitrogens with one attached hydrogen (secondary N) is 5. The summed E-state index contributed by atoms with van der Waals surface area (Å²) in [6.45, 7) is 7.00. The zero-order valence-electron chi connectivity index (χ0n) is 28.6. The van der Waals surface area contributed by atoms with Crippen molar-refractivity contribution in [3.8, 4) is 0 Å². The van der Waals surface area contributed by atoms with Gasteiger partial charge in [0.15, 0.2) is 6.04 Å². The van der Waals surface area contributed by atoms with Crippen LogP contribution in [0.5, 0.6) is 0 Å². The molecule has 268 valence electrons. The third kappa shape index (κ3) is 12.7. The number of ether oxygens (including phenoxy) is 1. The van der Waals surface area contributed by atoms with Crippen molar-refractivity contribution in [2.75, 3.05) is 13.2 Å². The molecule has 4 atom stereocenters. The largest absolute Gasteiger partial charge is 0.479 e. The second-order valence-electron chi connectivity index (χ2n) is 13.7. The van der Waals surface area contributed by atoms with Crippen molar-refractivity contribution in [2.24, 2.45) is 17.3 Å². The summed E-state index contributed by atoms with van der Waals surface area (Å²) >= 11 is 0. The van der Waals surface area contributed by atoms with Gasteiger partial charge in [-0.25, -0.2) is 9.59 Å². The van der Waals surface area contributed by atoms with Crippen molar-refractivity contribution in [2.45, 2.75) is 96.8 Å². The van der Waals surface area contributed by atoms with E-state index < -0.39 is 72.2 Å². The first-order valence-corrected chi connectivity index (χ1v) is 16.8. The molecule has 1 aliphatic heterocycles. The van der Waals surface area contributed by atoms with Crippen LogP contribution in [0.1, 0.15) is 84.2 Å². The zero-order valence-corrected chi connectivity index (χ0v) is 28.6. The van der Waals surface area contributed by atoms with Crippen LogP contribution in [-0.2, 0) is 33.5 Å². The molecule has 1 spiro atoms.